The molecule has 0 saturated carbocycles. The lowest BCUT2D eigenvalue weighted by Crippen LogP contribution is -2.51. The van der Waals surface area contributed by atoms with Gasteiger partial charge in [-0.25, -0.2) is 0 Å². The summed E-state index contributed by atoms with van der Waals surface area (Å²) in [4.78, 5) is 7.08. The third-order valence-corrected chi connectivity index (χ3v) is 3.40. The topological polar surface area (TPSA) is 27.6 Å². The first-order chi connectivity index (χ1) is 7.84. The predicted octanol–water partition coefficient (Wildman–Crippen LogP) is 1.88. The Kier molecular flexibility index (Phi) is 2.40. The SMILES string of the molecule is Cc1ccc2c(c1)N=CCC1CNCCN21. The summed E-state index contributed by atoms with van der Waals surface area (Å²) in [6.07, 6.45) is 3.11. The molecule has 2 heterocycles. The first-order valence-corrected chi connectivity index (χ1v) is 5.95. The van der Waals surface area contributed by atoms with Crippen molar-refractivity contribution in [1.82, 2.24) is 5.32 Å². The van der Waals surface area contributed by atoms with Crippen molar-refractivity contribution in [2.75, 3.05) is 24.5 Å². The average Bonchev–Trinajstić information content (AvgIpc) is 2.47. The zero-order valence-corrected chi connectivity index (χ0v) is 9.61. The van der Waals surface area contributed by atoms with Crippen LogP contribution in [0.15, 0.2) is 23.2 Å². The maximum Gasteiger partial charge on any atom is 0.0861 e. The molecule has 2 aliphatic rings. The van der Waals surface area contributed by atoms with Crippen molar-refractivity contribution in [1.29, 1.82) is 0 Å². The summed E-state index contributed by atoms with van der Waals surface area (Å²) in [6, 6.07) is 7.14. The Labute approximate surface area is 96.2 Å². The number of piperazine rings is 1. The largest absolute Gasteiger partial charge is 0.364 e. The van der Waals surface area contributed by atoms with Crippen molar-refractivity contribution in [3.05, 3.63) is 23.8 Å². The summed E-state index contributed by atoms with van der Waals surface area (Å²) in [5, 5.41) is 3.45. The molecule has 1 atom stereocenters. The van der Waals surface area contributed by atoms with Crippen molar-refractivity contribution < 1.29 is 0 Å². The Balaban J connectivity index is 2.05. The van der Waals surface area contributed by atoms with Gasteiger partial charge in [0.15, 0.2) is 0 Å². The molecule has 0 bridgehead atoms. The molecule has 2 aliphatic heterocycles. The highest BCUT2D eigenvalue weighted by molar-refractivity contribution is 5.77. The molecule has 1 unspecified atom stereocenters. The summed E-state index contributed by atoms with van der Waals surface area (Å²) in [6.45, 7) is 5.35. The van der Waals surface area contributed by atoms with Crippen LogP contribution in [0.2, 0.25) is 0 Å². The summed E-state index contributed by atoms with van der Waals surface area (Å²) >= 11 is 0. The lowest BCUT2D eigenvalue weighted by Gasteiger charge is -2.37. The quantitative estimate of drug-likeness (QED) is 0.715. The van der Waals surface area contributed by atoms with Crippen LogP contribution in [0.5, 0.6) is 0 Å². The monoisotopic (exact) mass is 215 g/mol. The summed E-state index contributed by atoms with van der Waals surface area (Å²) in [7, 11) is 0. The molecule has 1 saturated heterocycles. The van der Waals surface area contributed by atoms with E-state index in [9.17, 15) is 0 Å². The normalized spacial score (nSPS) is 23.6. The zero-order chi connectivity index (χ0) is 11.0. The van der Waals surface area contributed by atoms with Gasteiger partial charge in [-0.05, 0) is 24.6 Å². The molecule has 1 aromatic carbocycles. The van der Waals surface area contributed by atoms with E-state index in [4.69, 9.17) is 0 Å². The molecule has 1 N–H and O–H groups in total. The molecule has 0 aliphatic carbocycles. The van der Waals surface area contributed by atoms with Crippen LogP contribution in [0.3, 0.4) is 0 Å². The van der Waals surface area contributed by atoms with E-state index >= 15 is 0 Å². The fourth-order valence-corrected chi connectivity index (χ4v) is 2.54. The second-order valence-corrected chi connectivity index (χ2v) is 4.59. The summed E-state index contributed by atoms with van der Waals surface area (Å²) < 4.78 is 0. The smallest absolute Gasteiger partial charge is 0.0861 e. The van der Waals surface area contributed by atoms with Gasteiger partial charge in [-0.3, -0.25) is 4.99 Å². The number of aryl methyl sites for hydroxylation is 1. The van der Waals surface area contributed by atoms with Gasteiger partial charge in [-0.1, -0.05) is 6.07 Å². The van der Waals surface area contributed by atoms with E-state index < -0.39 is 0 Å². The summed E-state index contributed by atoms with van der Waals surface area (Å²) in [5.74, 6) is 0. The fourth-order valence-electron chi connectivity index (χ4n) is 2.54. The number of hydrogen-bond donors (Lipinski definition) is 1. The molecular formula is C13H17N3. The van der Waals surface area contributed by atoms with Crippen molar-refractivity contribution in [2.24, 2.45) is 4.99 Å². The molecule has 0 spiro atoms. The van der Waals surface area contributed by atoms with Crippen LogP contribution in [0.25, 0.3) is 0 Å². The van der Waals surface area contributed by atoms with Crippen LogP contribution < -0.4 is 10.2 Å². The van der Waals surface area contributed by atoms with Crippen LogP contribution in [0, 0.1) is 6.92 Å². The van der Waals surface area contributed by atoms with Crippen molar-refractivity contribution >= 4 is 17.6 Å². The van der Waals surface area contributed by atoms with Gasteiger partial charge in [0.2, 0.25) is 0 Å². The molecule has 0 amide bonds. The molecule has 3 rings (SSSR count). The second-order valence-electron chi connectivity index (χ2n) is 4.59. The van der Waals surface area contributed by atoms with Crippen LogP contribution >= 0.6 is 0 Å². The molecule has 84 valence electrons. The summed E-state index contributed by atoms with van der Waals surface area (Å²) in [5.41, 5.74) is 3.71. The first-order valence-electron chi connectivity index (χ1n) is 5.95. The number of nitrogens with one attached hydrogen (secondary N) is 1. The van der Waals surface area contributed by atoms with Crippen molar-refractivity contribution in [3.63, 3.8) is 0 Å². The Morgan fingerprint density at radius 1 is 1.44 bits per heavy atom. The lowest BCUT2D eigenvalue weighted by molar-refractivity contribution is 0.489. The van der Waals surface area contributed by atoms with E-state index in [-0.39, 0.29) is 0 Å². The standard InChI is InChI=1S/C13H17N3/c1-10-2-3-13-12(8-10)15-5-4-11-9-14-6-7-16(11)13/h2-3,5,8,11,14H,4,6-7,9H2,1H3. The number of nitrogens with zero attached hydrogens (tertiary/aromatic N) is 2. The highest BCUT2D eigenvalue weighted by atomic mass is 15.2. The molecule has 3 heteroatoms. The molecular weight excluding hydrogens is 198 g/mol. The molecule has 1 aromatic rings. The highest BCUT2D eigenvalue weighted by Crippen LogP contribution is 2.33. The van der Waals surface area contributed by atoms with Gasteiger partial charge in [-0.15, -0.1) is 0 Å². The van der Waals surface area contributed by atoms with Crippen molar-refractivity contribution in [3.8, 4) is 0 Å². The van der Waals surface area contributed by atoms with E-state index in [1.165, 1.54) is 11.3 Å². The van der Waals surface area contributed by atoms with Gasteiger partial charge < -0.3 is 10.2 Å². The third-order valence-electron chi connectivity index (χ3n) is 3.40. The average molecular weight is 215 g/mol. The maximum atomic E-state index is 4.58. The Bertz CT molecular complexity index is 425. The van der Waals surface area contributed by atoms with Gasteiger partial charge in [0, 0.05) is 38.3 Å². The number of anilines is 1. The van der Waals surface area contributed by atoms with E-state index in [2.05, 4.69) is 46.5 Å². The van der Waals surface area contributed by atoms with Crippen LogP contribution in [0.1, 0.15) is 12.0 Å². The van der Waals surface area contributed by atoms with E-state index in [1.54, 1.807) is 0 Å². The number of benzene rings is 1. The van der Waals surface area contributed by atoms with Gasteiger partial charge in [0.1, 0.15) is 0 Å². The van der Waals surface area contributed by atoms with Gasteiger partial charge in [-0.2, -0.15) is 0 Å². The minimum absolute atomic E-state index is 0.571. The lowest BCUT2D eigenvalue weighted by atomic mass is 10.1. The number of rotatable bonds is 0. The predicted molar refractivity (Wildman–Crippen MR) is 68.0 cm³/mol. The molecule has 0 radical (unpaired) electrons. The van der Waals surface area contributed by atoms with Gasteiger partial charge in [0.25, 0.3) is 0 Å². The van der Waals surface area contributed by atoms with Crippen LogP contribution in [-0.2, 0) is 0 Å². The van der Waals surface area contributed by atoms with Gasteiger partial charge >= 0.3 is 0 Å². The third kappa shape index (κ3) is 1.61. The van der Waals surface area contributed by atoms with E-state index in [0.717, 1.165) is 31.7 Å². The van der Waals surface area contributed by atoms with Crippen LogP contribution in [-0.4, -0.2) is 31.9 Å². The molecule has 16 heavy (non-hydrogen) atoms. The minimum atomic E-state index is 0.571. The van der Waals surface area contributed by atoms with Crippen molar-refractivity contribution in [2.45, 2.75) is 19.4 Å². The molecule has 0 aromatic heterocycles. The zero-order valence-electron chi connectivity index (χ0n) is 9.61. The Morgan fingerprint density at radius 2 is 2.38 bits per heavy atom. The Morgan fingerprint density at radius 3 is 3.31 bits per heavy atom. The minimum Gasteiger partial charge on any atom is -0.364 e. The highest BCUT2D eigenvalue weighted by Gasteiger charge is 2.25. The first kappa shape index (κ1) is 9.85. The molecule has 3 nitrogen and oxygen atoms in total. The van der Waals surface area contributed by atoms with Gasteiger partial charge in [0.05, 0.1) is 11.4 Å². The van der Waals surface area contributed by atoms with Crippen LogP contribution in [0.4, 0.5) is 11.4 Å². The Hall–Kier alpha value is -1.35. The number of fused-ring (bicyclic) bond motifs is 3. The van der Waals surface area contributed by atoms with E-state index in [0.29, 0.717) is 6.04 Å². The number of aliphatic imine (C=N–C) groups is 1. The maximum absolute atomic E-state index is 4.58. The fraction of sp³-hybridized carbons (Fsp3) is 0.462. The number of hydrogen-bond acceptors (Lipinski definition) is 3. The molecule has 1 fully saturated rings. The van der Waals surface area contributed by atoms with E-state index in [1.807, 2.05) is 0 Å². The second kappa shape index (κ2) is 3.91.